The molecule has 0 spiro atoms. The molecule has 0 bridgehead atoms. The number of hydrogen-bond acceptors (Lipinski definition) is 1. The molecule has 1 nitrogen and oxygen atoms in total. The lowest BCUT2D eigenvalue weighted by molar-refractivity contribution is 0.543. The van der Waals surface area contributed by atoms with Gasteiger partial charge in [-0.1, -0.05) is 53.2 Å². The van der Waals surface area contributed by atoms with E-state index in [2.05, 4.69) is 52.4 Å². The van der Waals surface area contributed by atoms with Gasteiger partial charge in [-0.2, -0.15) is 0 Å². The van der Waals surface area contributed by atoms with Crippen molar-refractivity contribution in [2.24, 2.45) is 0 Å². The van der Waals surface area contributed by atoms with Gasteiger partial charge in [0.05, 0.1) is 0 Å². The Morgan fingerprint density at radius 3 is 2.43 bits per heavy atom. The highest BCUT2D eigenvalue weighted by Crippen LogP contribution is 2.01. The molecule has 0 fully saturated rings. The van der Waals surface area contributed by atoms with E-state index in [0.717, 1.165) is 18.3 Å². The van der Waals surface area contributed by atoms with Gasteiger partial charge in [0.25, 0.3) is 0 Å². The topological polar surface area (TPSA) is 12.0 Å². The van der Waals surface area contributed by atoms with Crippen molar-refractivity contribution < 1.29 is 0 Å². The van der Waals surface area contributed by atoms with Crippen molar-refractivity contribution in [1.82, 2.24) is 5.32 Å². The standard InChI is InChI=1S/C11H16BrN.BrH/c1-2-11(8-12)13-9-10-6-4-3-5-7-10;/h3-7,11,13H,2,8-9H2,1H3;1H/t11-;/m1./s1. The highest BCUT2D eigenvalue weighted by Gasteiger charge is 2.01. The summed E-state index contributed by atoms with van der Waals surface area (Å²) in [6, 6.07) is 11.1. The van der Waals surface area contributed by atoms with Gasteiger partial charge in [0.1, 0.15) is 0 Å². The van der Waals surface area contributed by atoms with E-state index < -0.39 is 0 Å². The second kappa shape index (κ2) is 8.45. The largest absolute Gasteiger partial charge is 0.309 e. The molecule has 0 saturated heterocycles. The SMILES string of the molecule is Br.CC[C@H](CBr)NCc1ccccc1. The number of halogens is 2. The van der Waals surface area contributed by atoms with Crippen molar-refractivity contribution in [2.75, 3.05) is 5.33 Å². The van der Waals surface area contributed by atoms with E-state index in [4.69, 9.17) is 0 Å². The molecule has 0 unspecified atom stereocenters. The lowest BCUT2D eigenvalue weighted by Gasteiger charge is -2.13. The summed E-state index contributed by atoms with van der Waals surface area (Å²) in [5.41, 5.74) is 1.35. The van der Waals surface area contributed by atoms with E-state index in [1.165, 1.54) is 5.56 Å². The van der Waals surface area contributed by atoms with Gasteiger partial charge in [0.2, 0.25) is 0 Å². The van der Waals surface area contributed by atoms with E-state index in [1.807, 2.05) is 6.07 Å². The van der Waals surface area contributed by atoms with Crippen molar-refractivity contribution in [3.05, 3.63) is 35.9 Å². The van der Waals surface area contributed by atoms with Crippen LogP contribution in [0.3, 0.4) is 0 Å². The first kappa shape index (κ1) is 14.1. The average Bonchev–Trinajstić information content (AvgIpc) is 2.21. The van der Waals surface area contributed by atoms with E-state index in [0.29, 0.717) is 6.04 Å². The molecular weight excluding hydrogens is 306 g/mol. The number of alkyl halides is 1. The Morgan fingerprint density at radius 1 is 1.29 bits per heavy atom. The highest BCUT2D eigenvalue weighted by atomic mass is 79.9. The van der Waals surface area contributed by atoms with Crippen molar-refractivity contribution in [2.45, 2.75) is 25.9 Å². The van der Waals surface area contributed by atoms with Crippen LogP contribution in [0.4, 0.5) is 0 Å². The Balaban J connectivity index is 0.00000169. The normalized spacial score (nSPS) is 11.9. The molecule has 1 aromatic carbocycles. The fraction of sp³-hybridized carbons (Fsp3) is 0.455. The van der Waals surface area contributed by atoms with Crippen LogP contribution in [0.1, 0.15) is 18.9 Å². The van der Waals surface area contributed by atoms with Crippen molar-refractivity contribution >= 4 is 32.9 Å². The number of rotatable bonds is 5. The van der Waals surface area contributed by atoms with Crippen LogP contribution < -0.4 is 5.32 Å². The Kier molecular flexibility index (Phi) is 8.53. The summed E-state index contributed by atoms with van der Waals surface area (Å²) in [7, 11) is 0. The maximum absolute atomic E-state index is 3.49. The van der Waals surface area contributed by atoms with Crippen molar-refractivity contribution in [1.29, 1.82) is 0 Å². The molecule has 0 amide bonds. The molecule has 14 heavy (non-hydrogen) atoms. The van der Waals surface area contributed by atoms with E-state index in [-0.39, 0.29) is 17.0 Å². The number of hydrogen-bond donors (Lipinski definition) is 1. The Hall–Kier alpha value is 0.140. The maximum Gasteiger partial charge on any atom is 0.0208 e. The minimum atomic E-state index is 0. The summed E-state index contributed by atoms with van der Waals surface area (Å²) in [5.74, 6) is 0. The van der Waals surface area contributed by atoms with Crippen LogP contribution in [0, 0.1) is 0 Å². The minimum Gasteiger partial charge on any atom is -0.309 e. The van der Waals surface area contributed by atoms with E-state index in [1.54, 1.807) is 0 Å². The number of nitrogens with one attached hydrogen (secondary N) is 1. The third kappa shape index (κ3) is 5.13. The van der Waals surface area contributed by atoms with Gasteiger partial charge in [0.15, 0.2) is 0 Å². The monoisotopic (exact) mass is 321 g/mol. The third-order valence-electron chi connectivity index (χ3n) is 2.12. The first-order valence-electron chi connectivity index (χ1n) is 4.70. The van der Waals surface area contributed by atoms with Crippen molar-refractivity contribution in [3.63, 3.8) is 0 Å². The van der Waals surface area contributed by atoms with Gasteiger partial charge in [0, 0.05) is 17.9 Å². The molecule has 0 heterocycles. The fourth-order valence-electron chi connectivity index (χ4n) is 1.17. The summed E-state index contributed by atoms with van der Waals surface area (Å²) < 4.78 is 0. The Bertz CT molecular complexity index is 222. The predicted molar refractivity (Wildman–Crippen MR) is 71.5 cm³/mol. The second-order valence-corrected chi connectivity index (χ2v) is 3.77. The first-order valence-corrected chi connectivity index (χ1v) is 5.82. The van der Waals surface area contributed by atoms with Crippen LogP contribution in [-0.4, -0.2) is 11.4 Å². The minimum absolute atomic E-state index is 0. The molecule has 0 saturated carbocycles. The van der Waals surface area contributed by atoms with Gasteiger partial charge < -0.3 is 5.32 Å². The lowest BCUT2D eigenvalue weighted by atomic mass is 10.2. The van der Waals surface area contributed by atoms with E-state index in [9.17, 15) is 0 Å². The zero-order valence-corrected chi connectivity index (χ0v) is 11.7. The predicted octanol–water partition coefficient (Wildman–Crippen LogP) is 3.53. The maximum atomic E-state index is 3.49. The van der Waals surface area contributed by atoms with Crippen LogP contribution in [0.25, 0.3) is 0 Å². The quantitative estimate of drug-likeness (QED) is 0.818. The summed E-state index contributed by atoms with van der Waals surface area (Å²) in [4.78, 5) is 0. The van der Waals surface area contributed by atoms with Gasteiger partial charge in [-0.3, -0.25) is 0 Å². The molecule has 1 aromatic rings. The van der Waals surface area contributed by atoms with E-state index >= 15 is 0 Å². The summed E-state index contributed by atoms with van der Waals surface area (Å²) in [6.07, 6.45) is 1.16. The molecule has 1 atom stereocenters. The number of benzene rings is 1. The van der Waals surface area contributed by atoms with Crippen LogP contribution in [-0.2, 0) is 6.54 Å². The van der Waals surface area contributed by atoms with Crippen LogP contribution in [0.2, 0.25) is 0 Å². The molecule has 0 aliphatic rings. The molecule has 3 heteroatoms. The molecule has 1 rings (SSSR count). The summed E-state index contributed by atoms with van der Waals surface area (Å²) in [5, 5.41) is 4.51. The second-order valence-electron chi connectivity index (χ2n) is 3.13. The molecule has 0 radical (unpaired) electrons. The Labute approximate surface area is 105 Å². The van der Waals surface area contributed by atoms with Gasteiger partial charge in [-0.05, 0) is 12.0 Å². The van der Waals surface area contributed by atoms with Gasteiger partial charge in [-0.25, -0.2) is 0 Å². The Morgan fingerprint density at radius 2 is 1.93 bits per heavy atom. The first-order chi connectivity index (χ1) is 6.36. The van der Waals surface area contributed by atoms with Gasteiger partial charge >= 0.3 is 0 Å². The lowest BCUT2D eigenvalue weighted by Crippen LogP contribution is -2.29. The van der Waals surface area contributed by atoms with Crippen LogP contribution in [0.15, 0.2) is 30.3 Å². The molecule has 1 N–H and O–H groups in total. The molecule has 80 valence electrons. The molecular formula is C11H17Br2N. The zero-order valence-electron chi connectivity index (χ0n) is 8.37. The molecule has 0 aliphatic carbocycles. The van der Waals surface area contributed by atoms with Gasteiger partial charge in [-0.15, -0.1) is 17.0 Å². The van der Waals surface area contributed by atoms with Crippen LogP contribution in [0.5, 0.6) is 0 Å². The molecule has 0 aliphatic heterocycles. The highest BCUT2D eigenvalue weighted by molar-refractivity contribution is 9.09. The smallest absolute Gasteiger partial charge is 0.0208 e. The zero-order chi connectivity index (χ0) is 9.52. The summed E-state index contributed by atoms with van der Waals surface area (Å²) in [6.45, 7) is 3.16. The van der Waals surface area contributed by atoms with Crippen LogP contribution >= 0.6 is 32.9 Å². The van der Waals surface area contributed by atoms with Crippen molar-refractivity contribution in [3.8, 4) is 0 Å². The third-order valence-corrected chi connectivity index (χ3v) is 2.90. The average molecular weight is 323 g/mol. The fourth-order valence-corrected chi connectivity index (χ4v) is 1.85. The molecule has 0 aromatic heterocycles. The summed E-state index contributed by atoms with van der Waals surface area (Å²) >= 11 is 3.49.